The molecule has 2 aromatic rings. The molecule has 0 aliphatic carbocycles. The average Bonchev–Trinajstić information content (AvgIpc) is 2.66. The van der Waals surface area contributed by atoms with Crippen molar-refractivity contribution in [3.8, 4) is 5.75 Å². The number of anilines is 1. The molecule has 1 heterocycles. The topological polar surface area (TPSA) is 105 Å². The maximum atomic E-state index is 12.5. The molecule has 0 aromatic heterocycles. The second kappa shape index (κ2) is 7.90. The van der Waals surface area contributed by atoms with Crippen molar-refractivity contribution in [2.75, 3.05) is 11.9 Å². The Hall–Kier alpha value is -3.35. The molecule has 0 bridgehead atoms. The fraction of sp³-hybridized carbons (Fsp3) is 0.250. The molecule has 1 unspecified atom stereocenters. The average molecular weight is 368 g/mol. The SMILES string of the molecule is CC(NC(=O)c1ccc2c(c1)CCC(=O)N2)c1ccc(OCC(=O)O)cc1. The number of benzene rings is 2. The lowest BCUT2D eigenvalue weighted by Crippen LogP contribution is -2.27. The van der Waals surface area contributed by atoms with Gasteiger partial charge in [0, 0.05) is 17.7 Å². The van der Waals surface area contributed by atoms with Crippen LogP contribution in [0.1, 0.15) is 40.9 Å². The predicted molar refractivity (Wildman–Crippen MR) is 98.8 cm³/mol. The van der Waals surface area contributed by atoms with E-state index in [0.29, 0.717) is 24.2 Å². The summed E-state index contributed by atoms with van der Waals surface area (Å²) in [6.07, 6.45) is 1.04. The lowest BCUT2D eigenvalue weighted by Gasteiger charge is -2.19. The molecule has 3 N–H and O–H groups in total. The summed E-state index contributed by atoms with van der Waals surface area (Å²) in [5, 5.41) is 14.4. The Morgan fingerprint density at radius 3 is 2.63 bits per heavy atom. The van der Waals surface area contributed by atoms with E-state index in [1.807, 2.05) is 6.92 Å². The Balaban J connectivity index is 1.63. The van der Waals surface area contributed by atoms with Gasteiger partial charge in [0.15, 0.2) is 6.61 Å². The molecular weight excluding hydrogens is 348 g/mol. The largest absolute Gasteiger partial charge is 0.482 e. The zero-order valence-corrected chi connectivity index (χ0v) is 14.8. The van der Waals surface area contributed by atoms with Crippen molar-refractivity contribution < 1.29 is 24.2 Å². The summed E-state index contributed by atoms with van der Waals surface area (Å²) in [7, 11) is 0. The van der Waals surface area contributed by atoms with Crippen LogP contribution in [0.2, 0.25) is 0 Å². The van der Waals surface area contributed by atoms with Gasteiger partial charge in [0.25, 0.3) is 5.91 Å². The van der Waals surface area contributed by atoms with Gasteiger partial charge in [0.1, 0.15) is 5.75 Å². The van der Waals surface area contributed by atoms with E-state index in [0.717, 1.165) is 16.8 Å². The number of aryl methyl sites for hydroxylation is 1. The van der Waals surface area contributed by atoms with Gasteiger partial charge in [-0.05, 0) is 54.8 Å². The first-order chi connectivity index (χ1) is 12.9. The van der Waals surface area contributed by atoms with E-state index in [-0.39, 0.29) is 17.9 Å². The lowest BCUT2D eigenvalue weighted by atomic mass is 10.00. The van der Waals surface area contributed by atoms with E-state index < -0.39 is 12.6 Å². The molecule has 7 nitrogen and oxygen atoms in total. The fourth-order valence-electron chi connectivity index (χ4n) is 2.89. The van der Waals surface area contributed by atoms with Crippen LogP contribution in [0.15, 0.2) is 42.5 Å². The first-order valence-electron chi connectivity index (χ1n) is 8.60. The molecule has 27 heavy (non-hydrogen) atoms. The van der Waals surface area contributed by atoms with Crippen molar-refractivity contribution in [2.45, 2.75) is 25.8 Å². The van der Waals surface area contributed by atoms with E-state index in [1.54, 1.807) is 42.5 Å². The smallest absolute Gasteiger partial charge is 0.341 e. The highest BCUT2D eigenvalue weighted by Crippen LogP contribution is 2.24. The monoisotopic (exact) mass is 368 g/mol. The van der Waals surface area contributed by atoms with Gasteiger partial charge in [-0.1, -0.05) is 12.1 Å². The molecule has 1 aliphatic heterocycles. The van der Waals surface area contributed by atoms with E-state index in [4.69, 9.17) is 9.84 Å². The Morgan fingerprint density at radius 1 is 1.19 bits per heavy atom. The zero-order valence-electron chi connectivity index (χ0n) is 14.8. The molecule has 0 saturated carbocycles. The van der Waals surface area contributed by atoms with Crippen LogP contribution in [-0.4, -0.2) is 29.5 Å². The second-order valence-corrected chi connectivity index (χ2v) is 6.37. The zero-order chi connectivity index (χ0) is 19.4. The number of aliphatic carboxylic acids is 1. The molecule has 3 rings (SSSR count). The highest BCUT2D eigenvalue weighted by molar-refractivity contribution is 5.98. The third-order valence-electron chi connectivity index (χ3n) is 4.35. The Bertz CT molecular complexity index is 876. The molecule has 0 radical (unpaired) electrons. The van der Waals surface area contributed by atoms with Crippen LogP contribution < -0.4 is 15.4 Å². The van der Waals surface area contributed by atoms with Crippen molar-refractivity contribution in [1.82, 2.24) is 5.32 Å². The molecule has 0 spiro atoms. The number of rotatable bonds is 6. The second-order valence-electron chi connectivity index (χ2n) is 6.37. The molecule has 2 aromatic carbocycles. The number of carbonyl (C=O) groups is 3. The molecular formula is C20H20N2O5. The van der Waals surface area contributed by atoms with Crippen molar-refractivity contribution in [3.63, 3.8) is 0 Å². The standard InChI is InChI=1S/C20H20N2O5/c1-12(13-2-6-16(7-3-13)27-11-19(24)25)21-20(26)15-4-8-17-14(10-15)5-9-18(23)22-17/h2-4,6-8,10,12H,5,9,11H2,1H3,(H,21,26)(H,22,23)(H,24,25). The van der Waals surface area contributed by atoms with Crippen LogP contribution in [0, 0.1) is 0 Å². The minimum atomic E-state index is -1.04. The van der Waals surface area contributed by atoms with Crippen LogP contribution in [0.5, 0.6) is 5.75 Å². The van der Waals surface area contributed by atoms with Gasteiger partial charge in [-0.15, -0.1) is 0 Å². The molecule has 2 amide bonds. The molecule has 1 aliphatic rings. The van der Waals surface area contributed by atoms with E-state index in [2.05, 4.69) is 10.6 Å². The molecule has 1 atom stereocenters. The van der Waals surface area contributed by atoms with Gasteiger partial charge < -0.3 is 20.5 Å². The number of hydrogen-bond acceptors (Lipinski definition) is 4. The van der Waals surface area contributed by atoms with Crippen LogP contribution in [0.3, 0.4) is 0 Å². The lowest BCUT2D eigenvalue weighted by molar-refractivity contribution is -0.139. The summed E-state index contributed by atoms with van der Waals surface area (Å²) in [4.78, 5) is 34.5. The van der Waals surface area contributed by atoms with Crippen molar-refractivity contribution in [2.24, 2.45) is 0 Å². The van der Waals surface area contributed by atoms with Gasteiger partial charge in [0.2, 0.25) is 5.91 Å². The maximum absolute atomic E-state index is 12.5. The summed E-state index contributed by atoms with van der Waals surface area (Å²) in [5.74, 6) is -0.793. The quantitative estimate of drug-likeness (QED) is 0.727. The minimum absolute atomic E-state index is 0.0101. The maximum Gasteiger partial charge on any atom is 0.341 e. The summed E-state index contributed by atoms with van der Waals surface area (Å²) in [6, 6.07) is 11.9. The minimum Gasteiger partial charge on any atom is -0.482 e. The summed E-state index contributed by atoms with van der Waals surface area (Å²) in [6.45, 7) is 1.47. The fourth-order valence-corrected chi connectivity index (χ4v) is 2.89. The van der Waals surface area contributed by atoms with Gasteiger partial charge in [-0.3, -0.25) is 9.59 Å². The molecule has 140 valence electrons. The summed E-state index contributed by atoms with van der Waals surface area (Å²) >= 11 is 0. The number of amides is 2. The van der Waals surface area contributed by atoms with Crippen molar-refractivity contribution in [3.05, 3.63) is 59.2 Å². The van der Waals surface area contributed by atoms with Crippen molar-refractivity contribution >= 4 is 23.5 Å². The highest BCUT2D eigenvalue weighted by Gasteiger charge is 2.18. The van der Waals surface area contributed by atoms with Crippen LogP contribution in [0.25, 0.3) is 0 Å². The van der Waals surface area contributed by atoms with Gasteiger partial charge in [-0.2, -0.15) is 0 Å². The number of hydrogen-bond donors (Lipinski definition) is 3. The third kappa shape index (κ3) is 4.63. The Labute approximate surface area is 156 Å². The molecule has 0 saturated heterocycles. The van der Waals surface area contributed by atoms with E-state index in [9.17, 15) is 14.4 Å². The molecule has 7 heteroatoms. The highest BCUT2D eigenvalue weighted by atomic mass is 16.5. The number of nitrogens with one attached hydrogen (secondary N) is 2. The predicted octanol–water partition coefficient (Wildman–Crippen LogP) is 2.53. The van der Waals surface area contributed by atoms with Crippen LogP contribution >= 0.6 is 0 Å². The Kier molecular flexibility index (Phi) is 5.40. The Morgan fingerprint density at radius 2 is 1.93 bits per heavy atom. The first-order valence-corrected chi connectivity index (χ1v) is 8.60. The van der Waals surface area contributed by atoms with E-state index in [1.165, 1.54) is 0 Å². The van der Waals surface area contributed by atoms with Crippen LogP contribution in [0.4, 0.5) is 5.69 Å². The summed E-state index contributed by atoms with van der Waals surface area (Å²) in [5.41, 5.74) is 3.12. The summed E-state index contributed by atoms with van der Waals surface area (Å²) < 4.78 is 5.10. The normalized spacial score (nSPS) is 13.9. The first kappa shape index (κ1) is 18.4. The number of ether oxygens (including phenoxy) is 1. The van der Waals surface area contributed by atoms with Gasteiger partial charge >= 0.3 is 5.97 Å². The van der Waals surface area contributed by atoms with Crippen molar-refractivity contribution in [1.29, 1.82) is 0 Å². The van der Waals surface area contributed by atoms with Crippen LogP contribution in [-0.2, 0) is 16.0 Å². The third-order valence-corrected chi connectivity index (χ3v) is 4.35. The van der Waals surface area contributed by atoms with Gasteiger partial charge in [-0.25, -0.2) is 4.79 Å². The van der Waals surface area contributed by atoms with Gasteiger partial charge in [0.05, 0.1) is 6.04 Å². The number of carboxylic acids is 1. The number of carbonyl (C=O) groups excluding carboxylic acids is 2. The number of fused-ring (bicyclic) bond motifs is 1. The molecule has 0 fully saturated rings. The number of carboxylic acid groups (broad SMARTS) is 1. The van der Waals surface area contributed by atoms with E-state index >= 15 is 0 Å².